The Morgan fingerprint density at radius 3 is 1.92 bits per heavy atom. The van der Waals surface area contributed by atoms with E-state index in [9.17, 15) is 20.4 Å². The molecule has 202 valence electrons. The van der Waals surface area contributed by atoms with Crippen molar-refractivity contribution in [2.45, 2.75) is 92.7 Å². The minimum Gasteiger partial charge on any atom is -0.394 e. The molecule has 37 heavy (non-hydrogen) atoms. The average molecular weight is 526 g/mol. The Balaban J connectivity index is 1.75. The summed E-state index contributed by atoms with van der Waals surface area (Å²) in [5.74, 6) is 0. The number of hydrogen-bond acceptors (Lipinski definition) is 12. The van der Waals surface area contributed by atoms with Crippen molar-refractivity contribution < 1.29 is 39.4 Å². The third-order valence-electron chi connectivity index (χ3n) is 6.31. The van der Waals surface area contributed by atoms with Crippen LogP contribution in [-0.2, 0) is 18.9 Å². The standard InChI is InChI=1S/C17H26N12O8/c18-26-22-4-9-12(31)13(32)11(25-29-21)16(35-9)37-15-10(5-30)36-17(14(15)33)34-8-2-6(23-27-19)1-7(3-8)24-28-20/h6-17,30-33H,1-5H2/t6?,7?,8?,9-,10+,11?,12+,13+,14+,15+,16+,17+/m0/s1. The molecule has 0 bridgehead atoms. The third kappa shape index (κ3) is 6.82. The molecule has 0 aromatic heterocycles. The summed E-state index contributed by atoms with van der Waals surface area (Å²) in [5.41, 5.74) is 35.0. The smallest absolute Gasteiger partial charge is 0.186 e. The Kier molecular flexibility index (Phi) is 10.4. The molecule has 20 heteroatoms. The first kappa shape index (κ1) is 28.5. The molecule has 4 N–H and O–H groups in total. The zero-order chi connectivity index (χ0) is 26.9. The van der Waals surface area contributed by atoms with Gasteiger partial charge >= 0.3 is 0 Å². The van der Waals surface area contributed by atoms with Crippen molar-refractivity contribution in [3.8, 4) is 0 Å². The molecule has 2 aliphatic heterocycles. The van der Waals surface area contributed by atoms with Gasteiger partial charge in [-0.3, -0.25) is 0 Å². The lowest BCUT2D eigenvalue weighted by molar-refractivity contribution is -0.280. The average Bonchev–Trinajstić information content (AvgIpc) is 3.17. The van der Waals surface area contributed by atoms with Gasteiger partial charge in [0.05, 0.1) is 31.5 Å². The molecule has 1 saturated carbocycles. The summed E-state index contributed by atoms with van der Waals surface area (Å²) in [4.78, 5) is 10.8. The van der Waals surface area contributed by atoms with E-state index >= 15 is 0 Å². The molecular formula is C17H26N12O8. The van der Waals surface area contributed by atoms with Crippen LogP contribution in [0.25, 0.3) is 41.8 Å². The lowest BCUT2D eigenvalue weighted by Crippen LogP contribution is -2.59. The maximum atomic E-state index is 10.9. The summed E-state index contributed by atoms with van der Waals surface area (Å²) < 4.78 is 22.8. The van der Waals surface area contributed by atoms with Crippen LogP contribution in [-0.4, -0.2) is 107 Å². The van der Waals surface area contributed by atoms with Crippen LogP contribution in [0.2, 0.25) is 0 Å². The Bertz CT molecular complexity index is 953. The molecule has 2 saturated heterocycles. The molecule has 3 unspecified atom stereocenters. The fourth-order valence-corrected chi connectivity index (χ4v) is 4.61. The van der Waals surface area contributed by atoms with Crippen LogP contribution in [0.5, 0.6) is 0 Å². The van der Waals surface area contributed by atoms with Crippen molar-refractivity contribution in [3.63, 3.8) is 0 Å². The molecule has 0 amide bonds. The van der Waals surface area contributed by atoms with Gasteiger partial charge in [0, 0.05) is 31.7 Å². The van der Waals surface area contributed by atoms with Gasteiger partial charge in [-0.25, -0.2) is 0 Å². The van der Waals surface area contributed by atoms with Crippen LogP contribution in [0.3, 0.4) is 0 Å². The summed E-state index contributed by atoms with van der Waals surface area (Å²) in [6.45, 7) is -1.00. The van der Waals surface area contributed by atoms with Crippen LogP contribution in [0.1, 0.15) is 19.3 Å². The molecule has 0 aromatic rings. The van der Waals surface area contributed by atoms with Gasteiger partial charge in [-0.2, -0.15) is 0 Å². The van der Waals surface area contributed by atoms with E-state index in [1.165, 1.54) is 0 Å². The number of azide groups is 4. The molecule has 3 fully saturated rings. The Hall–Kier alpha value is -3.08. The number of rotatable bonds is 10. The van der Waals surface area contributed by atoms with Gasteiger partial charge in [0.15, 0.2) is 12.6 Å². The van der Waals surface area contributed by atoms with Gasteiger partial charge < -0.3 is 39.4 Å². The fraction of sp³-hybridized carbons (Fsp3) is 1.00. The topological polar surface area (TPSA) is 313 Å². The number of hydrogen-bond donors (Lipinski definition) is 4. The second-order valence-corrected chi connectivity index (χ2v) is 8.63. The lowest BCUT2D eigenvalue weighted by Gasteiger charge is -2.41. The number of aliphatic hydroxyl groups is 4. The molecule has 1 aliphatic carbocycles. The van der Waals surface area contributed by atoms with E-state index in [0.29, 0.717) is 6.42 Å². The van der Waals surface area contributed by atoms with Gasteiger partial charge in [-0.05, 0) is 41.4 Å². The first-order valence-corrected chi connectivity index (χ1v) is 11.3. The zero-order valence-electron chi connectivity index (χ0n) is 19.3. The highest BCUT2D eigenvalue weighted by atomic mass is 16.7. The predicted octanol–water partition coefficient (Wildman–Crippen LogP) is 0.812. The summed E-state index contributed by atoms with van der Waals surface area (Å²) in [7, 11) is 0. The van der Waals surface area contributed by atoms with Gasteiger partial charge in [0.25, 0.3) is 0 Å². The Morgan fingerprint density at radius 1 is 0.730 bits per heavy atom. The molecule has 2 heterocycles. The van der Waals surface area contributed by atoms with Gasteiger partial charge in [-0.1, -0.05) is 20.5 Å². The van der Waals surface area contributed by atoms with Crippen molar-refractivity contribution in [3.05, 3.63) is 41.8 Å². The van der Waals surface area contributed by atoms with Crippen LogP contribution in [0.4, 0.5) is 0 Å². The van der Waals surface area contributed by atoms with Crippen LogP contribution in [0.15, 0.2) is 20.5 Å². The molecule has 3 aliphatic rings. The minimum absolute atomic E-state index is 0.263. The largest absolute Gasteiger partial charge is 0.394 e. The van der Waals surface area contributed by atoms with E-state index in [1.807, 2.05) is 0 Å². The molecular weight excluding hydrogens is 500 g/mol. The molecule has 11 atom stereocenters. The minimum atomic E-state index is -1.66. The van der Waals surface area contributed by atoms with E-state index in [-0.39, 0.29) is 19.4 Å². The van der Waals surface area contributed by atoms with E-state index in [2.05, 4.69) is 40.1 Å². The molecule has 0 radical (unpaired) electrons. The number of nitrogens with zero attached hydrogens (tertiary/aromatic N) is 12. The van der Waals surface area contributed by atoms with Crippen molar-refractivity contribution in [2.24, 2.45) is 20.5 Å². The van der Waals surface area contributed by atoms with E-state index in [4.69, 9.17) is 41.1 Å². The maximum Gasteiger partial charge on any atom is 0.186 e. The van der Waals surface area contributed by atoms with Crippen LogP contribution in [0, 0.1) is 0 Å². The maximum absolute atomic E-state index is 10.9. The number of ether oxygens (including phenoxy) is 4. The van der Waals surface area contributed by atoms with E-state index < -0.39 is 80.0 Å². The number of aliphatic hydroxyl groups excluding tert-OH is 4. The van der Waals surface area contributed by atoms with E-state index in [1.54, 1.807) is 0 Å². The molecule has 3 rings (SSSR count). The fourth-order valence-electron chi connectivity index (χ4n) is 4.61. The normalized spacial score (nSPS) is 41.4. The predicted molar refractivity (Wildman–Crippen MR) is 119 cm³/mol. The van der Waals surface area contributed by atoms with E-state index in [0.717, 1.165) is 0 Å². The third-order valence-corrected chi connectivity index (χ3v) is 6.31. The van der Waals surface area contributed by atoms with Crippen molar-refractivity contribution >= 4 is 0 Å². The van der Waals surface area contributed by atoms with Crippen molar-refractivity contribution in [2.75, 3.05) is 13.2 Å². The summed E-state index contributed by atoms with van der Waals surface area (Å²) in [5, 5.41) is 55.5. The summed E-state index contributed by atoms with van der Waals surface area (Å²) in [6.07, 6.45) is -11.0. The molecule has 0 aromatic carbocycles. The quantitative estimate of drug-likeness (QED) is 0.179. The Labute approximate surface area is 208 Å². The zero-order valence-corrected chi connectivity index (χ0v) is 19.3. The second kappa shape index (κ2) is 13.5. The van der Waals surface area contributed by atoms with Gasteiger partial charge in [-0.15, -0.1) is 0 Å². The molecule has 0 spiro atoms. The Morgan fingerprint density at radius 2 is 1.35 bits per heavy atom. The first-order chi connectivity index (χ1) is 17.9. The SMILES string of the molecule is [N-]=[N+]=NC[C@@H]1O[C@H](O[C@H]2[C@@H](O)[C@H](OC3CC(N=[N+]=[N-])CC(N=[N+]=[N-])C3)O[C@@H]2CO)C(N=[N+]=[N-])[C@@H](O)[C@@H]1O. The first-order valence-electron chi connectivity index (χ1n) is 11.3. The highest BCUT2D eigenvalue weighted by Gasteiger charge is 2.51. The summed E-state index contributed by atoms with van der Waals surface area (Å²) in [6, 6.07) is -2.49. The van der Waals surface area contributed by atoms with Crippen molar-refractivity contribution in [1.82, 2.24) is 0 Å². The van der Waals surface area contributed by atoms with Crippen LogP contribution < -0.4 is 0 Å². The monoisotopic (exact) mass is 526 g/mol. The van der Waals surface area contributed by atoms with Crippen molar-refractivity contribution in [1.29, 1.82) is 0 Å². The van der Waals surface area contributed by atoms with Gasteiger partial charge in [0.2, 0.25) is 0 Å². The molecule has 20 nitrogen and oxygen atoms in total. The second-order valence-electron chi connectivity index (χ2n) is 8.63. The highest BCUT2D eigenvalue weighted by Crippen LogP contribution is 2.34. The van der Waals surface area contributed by atoms with Crippen LogP contribution >= 0.6 is 0 Å². The highest BCUT2D eigenvalue weighted by molar-refractivity contribution is 4.97. The lowest BCUT2D eigenvalue weighted by atomic mass is 9.89. The summed E-state index contributed by atoms with van der Waals surface area (Å²) >= 11 is 0. The van der Waals surface area contributed by atoms with Gasteiger partial charge in [0.1, 0.15) is 30.5 Å².